The van der Waals surface area contributed by atoms with Gasteiger partial charge in [-0.05, 0) is 19.1 Å². The van der Waals surface area contributed by atoms with Gasteiger partial charge in [-0.1, -0.05) is 16.8 Å². The summed E-state index contributed by atoms with van der Waals surface area (Å²) in [5.74, 6) is -0.0264. The largest absolute Gasteiger partial charge is 0.390 e. The standard InChI is InChI=1S/C11H10FNO2/c1-7-2-3-10(12)9(4-7)11-5-8(6-14)13-15-11/h2-5,14H,6H2,1H3. The van der Waals surface area contributed by atoms with Crippen LogP contribution in [0.1, 0.15) is 11.3 Å². The third kappa shape index (κ3) is 1.89. The van der Waals surface area contributed by atoms with E-state index >= 15 is 0 Å². The van der Waals surface area contributed by atoms with Gasteiger partial charge in [0.15, 0.2) is 5.76 Å². The number of benzene rings is 1. The molecule has 1 heterocycles. The van der Waals surface area contributed by atoms with Crippen LogP contribution in [0.4, 0.5) is 4.39 Å². The highest BCUT2D eigenvalue weighted by molar-refractivity contribution is 5.59. The smallest absolute Gasteiger partial charge is 0.170 e. The third-order valence-electron chi connectivity index (χ3n) is 2.11. The van der Waals surface area contributed by atoms with Crippen LogP contribution < -0.4 is 0 Å². The molecule has 0 spiro atoms. The first kappa shape index (κ1) is 9.86. The van der Waals surface area contributed by atoms with Crippen molar-refractivity contribution in [3.8, 4) is 11.3 Å². The molecule has 0 amide bonds. The summed E-state index contributed by atoms with van der Waals surface area (Å²) in [6.45, 7) is 1.66. The fourth-order valence-electron chi connectivity index (χ4n) is 1.34. The minimum Gasteiger partial charge on any atom is -0.390 e. The molecular weight excluding hydrogens is 197 g/mol. The zero-order chi connectivity index (χ0) is 10.8. The number of hydrogen-bond acceptors (Lipinski definition) is 3. The predicted octanol–water partition coefficient (Wildman–Crippen LogP) is 2.28. The summed E-state index contributed by atoms with van der Waals surface area (Å²) in [5.41, 5.74) is 1.70. The Morgan fingerprint density at radius 1 is 1.40 bits per heavy atom. The van der Waals surface area contributed by atoms with E-state index in [-0.39, 0.29) is 12.4 Å². The third-order valence-corrected chi connectivity index (χ3v) is 2.11. The van der Waals surface area contributed by atoms with Crippen molar-refractivity contribution in [2.75, 3.05) is 0 Å². The topological polar surface area (TPSA) is 46.3 Å². The second-order valence-electron chi connectivity index (χ2n) is 3.32. The van der Waals surface area contributed by atoms with Crippen molar-refractivity contribution in [3.05, 3.63) is 41.3 Å². The van der Waals surface area contributed by atoms with Gasteiger partial charge in [0.1, 0.15) is 11.5 Å². The highest BCUT2D eigenvalue weighted by Gasteiger charge is 2.10. The van der Waals surface area contributed by atoms with Crippen LogP contribution in [-0.4, -0.2) is 10.3 Å². The van der Waals surface area contributed by atoms with Crippen LogP contribution in [0.15, 0.2) is 28.8 Å². The fourth-order valence-corrected chi connectivity index (χ4v) is 1.34. The van der Waals surface area contributed by atoms with Crippen molar-refractivity contribution in [1.29, 1.82) is 0 Å². The molecule has 0 unspecified atom stereocenters. The van der Waals surface area contributed by atoms with Crippen molar-refractivity contribution in [2.45, 2.75) is 13.5 Å². The molecule has 2 aromatic rings. The van der Waals surface area contributed by atoms with Gasteiger partial charge in [0, 0.05) is 6.07 Å². The van der Waals surface area contributed by atoms with Crippen LogP contribution in [0, 0.1) is 12.7 Å². The van der Waals surface area contributed by atoms with Gasteiger partial charge in [-0.15, -0.1) is 0 Å². The Hall–Kier alpha value is -1.68. The summed E-state index contributed by atoms with van der Waals surface area (Å²) in [4.78, 5) is 0. The predicted molar refractivity (Wildman–Crippen MR) is 52.6 cm³/mol. The number of aromatic nitrogens is 1. The molecule has 1 aromatic carbocycles. The Morgan fingerprint density at radius 3 is 2.87 bits per heavy atom. The fraction of sp³-hybridized carbons (Fsp3) is 0.182. The van der Waals surface area contributed by atoms with Gasteiger partial charge in [-0.3, -0.25) is 0 Å². The monoisotopic (exact) mass is 207 g/mol. The molecule has 0 aliphatic carbocycles. The van der Waals surface area contributed by atoms with Crippen molar-refractivity contribution in [3.63, 3.8) is 0 Å². The number of halogens is 1. The Morgan fingerprint density at radius 2 is 2.20 bits per heavy atom. The number of aryl methyl sites for hydroxylation is 1. The molecule has 15 heavy (non-hydrogen) atoms. The first-order valence-electron chi connectivity index (χ1n) is 4.53. The summed E-state index contributed by atoms with van der Waals surface area (Å²) in [6.07, 6.45) is 0. The van der Waals surface area contributed by atoms with Gasteiger partial charge in [0.2, 0.25) is 0 Å². The minimum absolute atomic E-state index is 0.211. The summed E-state index contributed by atoms with van der Waals surface area (Å²) in [7, 11) is 0. The van der Waals surface area contributed by atoms with E-state index in [1.807, 2.05) is 6.92 Å². The van der Waals surface area contributed by atoms with E-state index in [1.165, 1.54) is 12.1 Å². The Balaban J connectivity index is 2.48. The van der Waals surface area contributed by atoms with Gasteiger partial charge < -0.3 is 9.63 Å². The Labute approximate surface area is 86.1 Å². The maximum Gasteiger partial charge on any atom is 0.170 e. The molecule has 0 atom stereocenters. The van der Waals surface area contributed by atoms with E-state index in [9.17, 15) is 4.39 Å². The summed E-state index contributed by atoms with van der Waals surface area (Å²) in [6, 6.07) is 6.27. The SMILES string of the molecule is Cc1ccc(F)c(-c2cc(CO)no2)c1. The van der Waals surface area contributed by atoms with Gasteiger partial charge >= 0.3 is 0 Å². The van der Waals surface area contributed by atoms with E-state index in [0.717, 1.165) is 5.56 Å². The molecule has 0 bridgehead atoms. The molecule has 0 radical (unpaired) electrons. The lowest BCUT2D eigenvalue weighted by Crippen LogP contribution is -1.83. The Kier molecular flexibility index (Phi) is 2.51. The number of aliphatic hydroxyl groups is 1. The van der Waals surface area contributed by atoms with Crippen LogP contribution in [0.5, 0.6) is 0 Å². The molecule has 0 saturated heterocycles. The normalized spacial score (nSPS) is 10.6. The molecular formula is C11H10FNO2. The number of aliphatic hydroxyl groups excluding tert-OH is 1. The molecule has 1 N–H and O–H groups in total. The average Bonchev–Trinajstić information content (AvgIpc) is 2.70. The van der Waals surface area contributed by atoms with E-state index < -0.39 is 0 Å². The van der Waals surface area contributed by atoms with Gasteiger partial charge in [-0.2, -0.15) is 0 Å². The second-order valence-corrected chi connectivity index (χ2v) is 3.32. The highest BCUT2D eigenvalue weighted by atomic mass is 19.1. The van der Waals surface area contributed by atoms with Crippen molar-refractivity contribution >= 4 is 0 Å². The van der Waals surface area contributed by atoms with Crippen molar-refractivity contribution in [2.24, 2.45) is 0 Å². The minimum atomic E-state index is -0.360. The van der Waals surface area contributed by atoms with E-state index in [4.69, 9.17) is 9.63 Å². The zero-order valence-corrected chi connectivity index (χ0v) is 8.20. The molecule has 1 aromatic heterocycles. The molecule has 0 aliphatic heterocycles. The molecule has 0 fully saturated rings. The summed E-state index contributed by atoms with van der Waals surface area (Å²) < 4.78 is 18.3. The zero-order valence-electron chi connectivity index (χ0n) is 8.20. The summed E-state index contributed by atoms with van der Waals surface area (Å²) >= 11 is 0. The quantitative estimate of drug-likeness (QED) is 0.821. The Bertz CT molecular complexity index is 479. The van der Waals surface area contributed by atoms with Gasteiger partial charge in [0.25, 0.3) is 0 Å². The lowest BCUT2D eigenvalue weighted by atomic mass is 10.1. The first-order chi connectivity index (χ1) is 7.20. The van der Waals surface area contributed by atoms with Crippen LogP contribution >= 0.6 is 0 Å². The molecule has 3 nitrogen and oxygen atoms in total. The number of hydrogen-bond donors (Lipinski definition) is 1. The van der Waals surface area contributed by atoms with Crippen molar-refractivity contribution in [1.82, 2.24) is 5.16 Å². The average molecular weight is 207 g/mol. The molecule has 78 valence electrons. The first-order valence-corrected chi connectivity index (χ1v) is 4.53. The summed E-state index contributed by atoms with van der Waals surface area (Å²) in [5, 5.41) is 12.4. The van der Waals surface area contributed by atoms with Crippen LogP contribution in [-0.2, 0) is 6.61 Å². The molecule has 0 saturated carbocycles. The molecule has 0 aliphatic rings. The van der Waals surface area contributed by atoms with E-state index in [2.05, 4.69) is 5.16 Å². The number of rotatable bonds is 2. The van der Waals surface area contributed by atoms with E-state index in [1.54, 1.807) is 12.1 Å². The van der Waals surface area contributed by atoms with Crippen LogP contribution in [0.3, 0.4) is 0 Å². The second kappa shape index (κ2) is 3.82. The lowest BCUT2D eigenvalue weighted by Gasteiger charge is -1.99. The van der Waals surface area contributed by atoms with E-state index in [0.29, 0.717) is 17.0 Å². The van der Waals surface area contributed by atoms with Gasteiger partial charge in [0.05, 0.1) is 12.2 Å². The maximum absolute atomic E-state index is 13.4. The molecule has 4 heteroatoms. The maximum atomic E-state index is 13.4. The highest BCUT2D eigenvalue weighted by Crippen LogP contribution is 2.24. The lowest BCUT2D eigenvalue weighted by molar-refractivity contribution is 0.267. The van der Waals surface area contributed by atoms with Crippen LogP contribution in [0.2, 0.25) is 0 Å². The van der Waals surface area contributed by atoms with Gasteiger partial charge in [-0.25, -0.2) is 4.39 Å². The molecule has 2 rings (SSSR count). The van der Waals surface area contributed by atoms with Crippen LogP contribution in [0.25, 0.3) is 11.3 Å². The number of nitrogens with zero attached hydrogens (tertiary/aromatic N) is 1. The van der Waals surface area contributed by atoms with Crippen molar-refractivity contribution < 1.29 is 14.0 Å².